The predicted octanol–water partition coefficient (Wildman–Crippen LogP) is 4.86. The minimum atomic E-state index is -0.304. The second kappa shape index (κ2) is 11.3. The van der Waals surface area contributed by atoms with Crippen LogP contribution in [0.2, 0.25) is 5.02 Å². The summed E-state index contributed by atoms with van der Waals surface area (Å²) in [6.45, 7) is 4.48. The lowest BCUT2D eigenvalue weighted by Gasteiger charge is -2.31. The van der Waals surface area contributed by atoms with E-state index in [1.165, 1.54) is 6.07 Å². The average Bonchev–Trinajstić information content (AvgIpc) is 2.77. The van der Waals surface area contributed by atoms with Gasteiger partial charge in [0.2, 0.25) is 5.91 Å². The molecule has 0 saturated carbocycles. The number of hydrogen-bond donors (Lipinski definition) is 2. The van der Waals surface area contributed by atoms with Crippen molar-refractivity contribution in [3.8, 4) is 0 Å². The monoisotopic (exact) mass is 445 g/mol. The molecule has 1 fully saturated rings. The molecule has 1 aliphatic rings. The van der Waals surface area contributed by atoms with Crippen LogP contribution in [0.1, 0.15) is 48.5 Å². The van der Waals surface area contributed by atoms with Crippen molar-refractivity contribution in [2.45, 2.75) is 39.2 Å². The fraction of sp³-hybridized carbons (Fsp3) is 0.417. The molecule has 0 aromatic heterocycles. The number of halogens is 2. The molecule has 0 spiro atoms. The van der Waals surface area contributed by atoms with Crippen LogP contribution in [0, 0.1) is 11.7 Å². The molecule has 0 aliphatic carbocycles. The zero-order valence-corrected chi connectivity index (χ0v) is 18.6. The van der Waals surface area contributed by atoms with Crippen LogP contribution < -0.4 is 10.6 Å². The van der Waals surface area contributed by atoms with E-state index in [9.17, 15) is 14.0 Å². The number of amides is 2. The number of rotatable bonds is 8. The Morgan fingerprint density at radius 3 is 2.58 bits per heavy atom. The van der Waals surface area contributed by atoms with Crippen LogP contribution in [0.15, 0.2) is 42.5 Å². The lowest BCUT2D eigenvalue weighted by Crippen LogP contribution is -2.38. The highest BCUT2D eigenvalue weighted by Crippen LogP contribution is 2.25. The predicted molar refractivity (Wildman–Crippen MR) is 122 cm³/mol. The molecule has 166 valence electrons. The first-order valence-corrected chi connectivity index (χ1v) is 11.2. The molecule has 2 aromatic carbocycles. The third kappa shape index (κ3) is 6.28. The summed E-state index contributed by atoms with van der Waals surface area (Å²) in [5.74, 6) is -0.719. The van der Waals surface area contributed by atoms with Crippen LogP contribution in [0.4, 0.5) is 10.1 Å². The summed E-state index contributed by atoms with van der Waals surface area (Å²) in [5, 5.41) is 6.25. The number of hydrogen-bond acceptors (Lipinski definition) is 3. The zero-order valence-electron chi connectivity index (χ0n) is 17.8. The number of unbranched alkanes of at least 4 members (excludes halogenated alkanes) is 1. The van der Waals surface area contributed by atoms with E-state index in [0.29, 0.717) is 60.9 Å². The van der Waals surface area contributed by atoms with Gasteiger partial charge in [0.1, 0.15) is 5.82 Å². The third-order valence-corrected chi connectivity index (χ3v) is 6.00. The van der Waals surface area contributed by atoms with Crippen LogP contribution in [-0.2, 0) is 11.3 Å². The summed E-state index contributed by atoms with van der Waals surface area (Å²) in [5.41, 5.74) is 1.50. The summed E-state index contributed by atoms with van der Waals surface area (Å²) >= 11 is 6.13. The van der Waals surface area contributed by atoms with Gasteiger partial charge in [-0.25, -0.2) is 4.39 Å². The summed E-state index contributed by atoms with van der Waals surface area (Å²) < 4.78 is 14.0. The highest BCUT2D eigenvalue weighted by atomic mass is 35.5. The molecule has 1 aliphatic heterocycles. The van der Waals surface area contributed by atoms with Crippen LogP contribution in [-0.4, -0.2) is 36.3 Å². The number of carbonyl (C=O) groups is 2. The fourth-order valence-corrected chi connectivity index (χ4v) is 3.98. The summed E-state index contributed by atoms with van der Waals surface area (Å²) in [6, 6.07) is 11.8. The molecule has 0 unspecified atom stereocenters. The Bertz CT molecular complexity index is 893. The molecule has 0 atom stereocenters. The van der Waals surface area contributed by atoms with Gasteiger partial charge in [0.15, 0.2) is 0 Å². The van der Waals surface area contributed by atoms with Crippen molar-refractivity contribution in [3.63, 3.8) is 0 Å². The molecule has 0 radical (unpaired) electrons. The Morgan fingerprint density at radius 2 is 1.87 bits per heavy atom. The van der Waals surface area contributed by atoms with Gasteiger partial charge in [-0.2, -0.15) is 0 Å². The largest absolute Gasteiger partial charge is 0.352 e. The summed E-state index contributed by atoms with van der Waals surface area (Å²) in [7, 11) is 0. The van der Waals surface area contributed by atoms with Crippen molar-refractivity contribution >= 4 is 29.1 Å². The molecule has 1 heterocycles. The van der Waals surface area contributed by atoms with Gasteiger partial charge in [0, 0.05) is 29.6 Å². The Kier molecular flexibility index (Phi) is 8.43. The number of anilines is 1. The van der Waals surface area contributed by atoms with Gasteiger partial charge in [-0.1, -0.05) is 43.1 Å². The molecule has 7 heteroatoms. The van der Waals surface area contributed by atoms with E-state index in [4.69, 9.17) is 11.6 Å². The smallest absolute Gasteiger partial charge is 0.253 e. The molecule has 31 heavy (non-hydrogen) atoms. The Balaban J connectivity index is 1.55. The topological polar surface area (TPSA) is 61.4 Å². The molecule has 2 aromatic rings. The van der Waals surface area contributed by atoms with E-state index in [2.05, 4.69) is 22.5 Å². The van der Waals surface area contributed by atoms with Crippen molar-refractivity contribution < 1.29 is 14.0 Å². The maximum atomic E-state index is 14.0. The SMILES string of the molecule is CCCCNC(=O)c1ccccc1NC(=O)C1CCN(Cc2c(F)cccc2Cl)CC1. The van der Waals surface area contributed by atoms with E-state index in [0.717, 1.165) is 12.8 Å². The van der Waals surface area contributed by atoms with Gasteiger partial charge in [-0.05, 0) is 56.6 Å². The molecular weight excluding hydrogens is 417 g/mol. The maximum absolute atomic E-state index is 14.0. The van der Waals surface area contributed by atoms with Crippen molar-refractivity contribution in [1.82, 2.24) is 10.2 Å². The van der Waals surface area contributed by atoms with Crippen LogP contribution in [0.25, 0.3) is 0 Å². The number of benzene rings is 2. The van der Waals surface area contributed by atoms with Crippen molar-refractivity contribution in [2.24, 2.45) is 5.92 Å². The number of para-hydroxylation sites is 1. The van der Waals surface area contributed by atoms with E-state index in [-0.39, 0.29) is 23.5 Å². The van der Waals surface area contributed by atoms with Crippen LogP contribution >= 0.6 is 11.6 Å². The summed E-state index contributed by atoms with van der Waals surface area (Å²) in [4.78, 5) is 27.4. The fourth-order valence-electron chi connectivity index (χ4n) is 3.76. The number of likely N-dealkylation sites (tertiary alicyclic amines) is 1. The normalized spacial score (nSPS) is 14.9. The number of nitrogens with one attached hydrogen (secondary N) is 2. The molecule has 0 bridgehead atoms. The van der Waals surface area contributed by atoms with Gasteiger partial charge in [-0.15, -0.1) is 0 Å². The van der Waals surface area contributed by atoms with Crippen LogP contribution in [0.5, 0.6) is 0 Å². The maximum Gasteiger partial charge on any atom is 0.253 e. The Morgan fingerprint density at radius 1 is 1.13 bits per heavy atom. The van der Waals surface area contributed by atoms with E-state index in [1.54, 1.807) is 36.4 Å². The van der Waals surface area contributed by atoms with Gasteiger partial charge in [0.25, 0.3) is 5.91 Å². The van der Waals surface area contributed by atoms with Crippen molar-refractivity contribution in [2.75, 3.05) is 25.0 Å². The van der Waals surface area contributed by atoms with E-state index < -0.39 is 0 Å². The number of carbonyl (C=O) groups excluding carboxylic acids is 2. The standard InChI is InChI=1S/C24H29ClFN3O2/c1-2-3-13-27-24(31)18-7-4-5-10-22(18)28-23(30)17-11-14-29(15-12-17)16-19-20(25)8-6-9-21(19)26/h4-10,17H,2-3,11-16H2,1H3,(H,27,31)(H,28,30). The molecule has 2 N–H and O–H groups in total. The lowest BCUT2D eigenvalue weighted by molar-refractivity contribution is -0.121. The zero-order chi connectivity index (χ0) is 22.2. The highest BCUT2D eigenvalue weighted by molar-refractivity contribution is 6.31. The molecule has 2 amide bonds. The quantitative estimate of drug-likeness (QED) is 0.570. The van der Waals surface area contributed by atoms with E-state index in [1.807, 2.05) is 0 Å². The average molecular weight is 446 g/mol. The number of piperidine rings is 1. The Labute approximate surface area is 188 Å². The first-order chi connectivity index (χ1) is 15.0. The Hall–Kier alpha value is -2.44. The minimum absolute atomic E-state index is 0.0858. The minimum Gasteiger partial charge on any atom is -0.352 e. The van der Waals surface area contributed by atoms with E-state index >= 15 is 0 Å². The van der Waals surface area contributed by atoms with Gasteiger partial charge >= 0.3 is 0 Å². The molecule has 3 rings (SSSR count). The first-order valence-electron chi connectivity index (χ1n) is 10.8. The van der Waals surface area contributed by atoms with Crippen LogP contribution in [0.3, 0.4) is 0 Å². The highest BCUT2D eigenvalue weighted by Gasteiger charge is 2.26. The third-order valence-electron chi connectivity index (χ3n) is 5.65. The molecular formula is C24H29ClFN3O2. The molecule has 5 nitrogen and oxygen atoms in total. The lowest BCUT2D eigenvalue weighted by atomic mass is 9.95. The summed E-state index contributed by atoms with van der Waals surface area (Å²) in [6.07, 6.45) is 3.25. The number of nitrogens with zero attached hydrogens (tertiary/aromatic N) is 1. The van der Waals surface area contributed by atoms with Crippen molar-refractivity contribution in [1.29, 1.82) is 0 Å². The van der Waals surface area contributed by atoms with Gasteiger partial charge in [-0.3, -0.25) is 14.5 Å². The van der Waals surface area contributed by atoms with Gasteiger partial charge in [0.05, 0.1) is 11.3 Å². The second-order valence-electron chi connectivity index (χ2n) is 7.89. The van der Waals surface area contributed by atoms with Gasteiger partial charge < -0.3 is 10.6 Å². The molecule has 1 saturated heterocycles. The van der Waals surface area contributed by atoms with Crippen molar-refractivity contribution in [3.05, 3.63) is 64.4 Å². The second-order valence-corrected chi connectivity index (χ2v) is 8.30. The first kappa shape index (κ1) is 23.2.